The van der Waals surface area contributed by atoms with E-state index in [1.165, 1.54) is 11.0 Å². The quantitative estimate of drug-likeness (QED) is 0.553. The molecular weight excluding hydrogens is 292 g/mol. The van der Waals surface area contributed by atoms with Crippen LogP contribution in [0, 0.1) is 12.3 Å². The Morgan fingerprint density at radius 3 is 2.90 bits per heavy atom. The molecule has 1 aromatic rings. The molecule has 0 aromatic carbocycles. The van der Waals surface area contributed by atoms with Crippen molar-refractivity contribution in [2.24, 2.45) is 0 Å². The lowest BCUT2D eigenvalue weighted by molar-refractivity contribution is 0.207. The van der Waals surface area contributed by atoms with E-state index in [-0.39, 0.29) is 24.0 Å². The van der Waals surface area contributed by atoms with E-state index in [1.807, 2.05) is 6.92 Å². The van der Waals surface area contributed by atoms with Gasteiger partial charge in [-0.05, 0) is 6.42 Å². The summed E-state index contributed by atoms with van der Waals surface area (Å²) in [6.45, 7) is 5.73. The van der Waals surface area contributed by atoms with E-state index in [2.05, 4.69) is 22.6 Å². The predicted octanol–water partition coefficient (Wildman–Crippen LogP) is 0.941. The van der Waals surface area contributed by atoms with Gasteiger partial charge >= 0.3 is 6.03 Å². The molecule has 0 fully saturated rings. The number of rotatable bonds is 7. The van der Waals surface area contributed by atoms with Crippen molar-refractivity contribution in [3.8, 4) is 12.3 Å². The van der Waals surface area contributed by atoms with Gasteiger partial charge in [0.2, 0.25) is 9.84 Å². The minimum Gasteiger partial charge on any atom is -0.308 e. The van der Waals surface area contributed by atoms with E-state index in [1.54, 1.807) is 0 Å². The summed E-state index contributed by atoms with van der Waals surface area (Å²) in [6, 6.07) is -0.544. The Morgan fingerprint density at radius 2 is 2.33 bits per heavy atom. The first-order valence-corrected chi connectivity index (χ1v) is 8.09. The highest BCUT2D eigenvalue weighted by atomic mass is 32.2. The van der Waals surface area contributed by atoms with Gasteiger partial charge in [0, 0.05) is 6.54 Å². The zero-order valence-electron chi connectivity index (χ0n) is 11.9. The number of hydrogen-bond donors (Lipinski definition) is 0. The maximum Gasteiger partial charge on any atom is 0.347 e. The molecule has 8 heteroatoms. The van der Waals surface area contributed by atoms with Crippen molar-refractivity contribution in [3.63, 3.8) is 0 Å². The van der Waals surface area contributed by atoms with Gasteiger partial charge in [-0.3, -0.25) is 0 Å². The number of nitrogens with zero attached hydrogens (tertiary/aromatic N) is 4. The Kier molecular flexibility index (Phi) is 6.11. The Labute approximate surface area is 124 Å². The maximum atomic E-state index is 12.1. The maximum absolute atomic E-state index is 12.1. The minimum absolute atomic E-state index is 0.0393. The second-order valence-electron chi connectivity index (χ2n) is 4.30. The second-order valence-corrected chi connectivity index (χ2v) is 6.30. The Bertz CT molecular complexity index is 643. The van der Waals surface area contributed by atoms with Crippen LogP contribution in [0.1, 0.15) is 19.8 Å². The van der Waals surface area contributed by atoms with Crippen LogP contribution in [0.2, 0.25) is 0 Å². The summed E-state index contributed by atoms with van der Waals surface area (Å²) in [5.74, 6) is 2.31. The van der Waals surface area contributed by atoms with Crippen molar-refractivity contribution in [3.05, 3.63) is 19.0 Å². The Morgan fingerprint density at radius 1 is 1.62 bits per heavy atom. The molecule has 0 aliphatic carbocycles. The molecule has 21 heavy (non-hydrogen) atoms. The molecule has 0 unspecified atom stereocenters. The van der Waals surface area contributed by atoms with Crippen LogP contribution in [0.3, 0.4) is 0 Å². The van der Waals surface area contributed by atoms with Crippen molar-refractivity contribution in [2.75, 3.05) is 18.8 Å². The van der Waals surface area contributed by atoms with Gasteiger partial charge in [-0.25, -0.2) is 18.2 Å². The van der Waals surface area contributed by atoms with Crippen molar-refractivity contribution < 1.29 is 13.2 Å². The summed E-state index contributed by atoms with van der Waals surface area (Å²) >= 11 is 0. The smallest absolute Gasteiger partial charge is 0.308 e. The van der Waals surface area contributed by atoms with Crippen LogP contribution in [0.25, 0.3) is 0 Å². The summed E-state index contributed by atoms with van der Waals surface area (Å²) in [4.78, 5) is 17.1. The number of carbonyl (C=O) groups excluding carboxylic acids is 1. The van der Waals surface area contributed by atoms with Gasteiger partial charge in [-0.15, -0.1) is 18.1 Å². The summed E-state index contributed by atoms with van der Waals surface area (Å²) in [7, 11) is -3.56. The highest BCUT2D eigenvalue weighted by Gasteiger charge is 2.22. The van der Waals surface area contributed by atoms with Crippen LogP contribution in [-0.4, -0.2) is 53.0 Å². The first-order valence-electron chi connectivity index (χ1n) is 6.44. The van der Waals surface area contributed by atoms with Crippen LogP contribution in [-0.2, 0) is 9.84 Å². The molecule has 0 saturated heterocycles. The molecule has 0 N–H and O–H groups in total. The largest absolute Gasteiger partial charge is 0.347 e. The molecular formula is C13H18N4O3S. The van der Waals surface area contributed by atoms with Gasteiger partial charge in [0.1, 0.15) is 6.33 Å². The Hall–Kier alpha value is -2.14. The molecule has 0 bridgehead atoms. The van der Waals surface area contributed by atoms with E-state index in [0.717, 1.165) is 17.4 Å². The van der Waals surface area contributed by atoms with Crippen LogP contribution in [0.5, 0.6) is 0 Å². The van der Waals surface area contributed by atoms with E-state index in [4.69, 9.17) is 6.42 Å². The zero-order chi connectivity index (χ0) is 15.9. The number of amides is 1. The Balaban J connectivity index is 2.94. The number of aromatic nitrogens is 3. The third-order valence-corrected chi connectivity index (χ3v) is 4.18. The fourth-order valence-electron chi connectivity index (χ4n) is 1.53. The average Bonchev–Trinajstić information content (AvgIpc) is 2.95. The minimum atomic E-state index is -3.56. The molecule has 114 valence electrons. The number of hydrogen-bond acceptors (Lipinski definition) is 5. The molecule has 0 atom stereocenters. The molecule has 7 nitrogen and oxygen atoms in total. The van der Waals surface area contributed by atoms with Crippen molar-refractivity contribution in [1.29, 1.82) is 0 Å². The van der Waals surface area contributed by atoms with Gasteiger partial charge < -0.3 is 4.90 Å². The first kappa shape index (κ1) is 16.9. The van der Waals surface area contributed by atoms with Gasteiger partial charge in [0.15, 0.2) is 0 Å². The van der Waals surface area contributed by atoms with E-state index in [0.29, 0.717) is 6.42 Å². The van der Waals surface area contributed by atoms with E-state index >= 15 is 0 Å². The van der Waals surface area contributed by atoms with Crippen LogP contribution >= 0.6 is 0 Å². The predicted molar refractivity (Wildman–Crippen MR) is 78.4 cm³/mol. The standard InChI is InChI=1S/C13H18N4O3S/c1-4-7-10-21(19,20)12-14-11-17(15-12)13(18)16(8-5-2)9-6-3/h2,6,11H,3-4,7-10H2,1H3. The average molecular weight is 310 g/mol. The SMILES string of the molecule is C#CCN(CC=C)C(=O)n1cnc(S(=O)(=O)CCCC)n1. The fraction of sp³-hybridized carbons (Fsp3) is 0.462. The number of terminal acetylenes is 1. The lowest BCUT2D eigenvalue weighted by Gasteiger charge is -2.16. The second kappa shape index (κ2) is 7.59. The van der Waals surface area contributed by atoms with Crippen molar-refractivity contribution in [2.45, 2.75) is 24.9 Å². The highest BCUT2D eigenvalue weighted by molar-refractivity contribution is 7.91. The van der Waals surface area contributed by atoms with Gasteiger partial charge in [0.05, 0.1) is 12.3 Å². The lowest BCUT2D eigenvalue weighted by Crippen LogP contribution is -2.35. The number of carbonyl (C=O) groups is 1. The third kappa shape index (κ3) is 4.43. The molecule has 0 radical (unpaired) electrons. The molecule has 1 rings (SSSR count). The highest BCUT2D eigenvalue weighted by Crippen LogP contribution is 2.07. The molecule has 1 aromatic heterocycles. The summed E-state index contributed by atoms with van der Waals surface area (Å²) in [5.41, 5.74) is 0. The first-order chi connectivity index (χ1) is 9.96. The summed E-state index contributed by atoms with van der Waals surface area (Å²) < 4.78 is 24.7. The zero-order valence-corrected chi connectivity index (χ0v) is 12.7. The summed E-state index contributed by atoms with van der Waals surface area (Å²) in [6.07, 6.45) is 9.04. The van der Waals surface area contributed by atoms with E-state index < -0.39 is 15.9 Å². The molecule has 0 aliphatic heterocycles. The molecule has 1 amide bonds. The third-order valence-electron chi connectivity index (χ3n) is 2.61. The molecule has 0 aliphatic rings. The topological polar surface area (TPSA) is 85.2 Å². The van der Waals surface area contributed by atoms with Gasteiger partial charge in [0.25, 0.3) is 5.16 Å². The normalized spacial score (nSPS) is 10.9. The number of sulfone groups is 1. The number of unbranched alkanes of at least 4 members (excludes halogenated alkanes) is 1. The monoisotopic (exact) mass is 310 g/mol. The van der Waals surface area contributed by atoms with E-state index in [9.17, 15) is 13.2 Å². The molecule has 0 saturated carbocycles. The van der Waals surface area contributed by atoms with Crippen molar-refractivity contribution in [1.82, 2.24) is 19.7 Å². The van der Waals surface area contributed by atoms with Crippen LogP contribution in [0.15, 0.2) is 24.1 Å². The molecule has 1 heterocycles. The fourth-order valence-corrected chi connectivity index (χ4v) is 2.80. The molecule has 0 spiro atoms. The van der Waals surface area contributed by atoms with Crippen molar-refractivity contribution >= 4 is 15.9 Å². The van der Waals surface area contributed by atoms with Crippen LogP contribution in [0.4, 0.5) is 4.79 Å². The van der Waals surface area contributed by atoms with Gasteiger partial charge in [-0.1, -0.05) is 25.3 Å². The van der Waals surface area contributed by atoms with Gasteiger partial charge in [-0.2, -0.15) is 4.68 Å². The van der Waals surface area contributed by atoms with Crippen LogP contribution < -0.4 is 0 Å². The summed E-state index contributed by atoms with van der Waals surface area (Å²) in [5, 5.41) is 3.40. The lowest BCUT2D eigenvalue weighted by atomic mass is 10.4.